The van der Waals surface area contributed by atoms with Crippen molar-refractivity contribution < 1.29 is 29.5 Å². The number of hydrogen-bond acceptors (Lipinski definition) is 6. The number of para-hydroxylation sites is 1. The Morgan fingerprint density at radius 2 is 0.698 bits per heavy atom. The van der Waals surface area contributed by atoms with Crippen LogP contribution >= 0.6 is 0 Å². The molecule has 0 aromatic heterocycles. The maximum Gasteiger partial charge on any atom is 0.148 e. The molecule has 0 aliphatic carbocycles. The summed E-state index contributed by atoms with van der Waals surface area (Å²) in [6.07, 6.45) is 0. The smallest absolute Gasteiger partial charge is 0.148 e. The Morgan fingerprint density at radius 3 is 1.02 bits per heavy atom. The zero-order valence-corrected chi connectivity index (χ0v) is 29.8. The van der Waals surface area contributed by atoms with E-state index in [1.165, 1.54) is 0 Å². The fourth-order valence-electron chi connectivity index (χ4n) is 6.53. The summed E-state index contributed by atoms with van der Waals surface area (Å²) in [5.74, 6) is 2.78. The number of aromatic hydroxyl groups is 2. The van der Waals surface area contributed by atoms with E-state index in [9.17, 15) is 15.3 Å². The molecule has 0 fully saturated rings. The lowest BCUT2D eigenvalue weighted by Gasteiger charge is -2.37. The van der Waals surface area contributed by atoms with Gasteiger partial charge in [-0.1, -0.05) is 66.7 Å². The van der Waals surface area contributed by atoms with Crippen LogP contribution in [0, 0.1) is 0 Å². The van der Waals surface area contributed by atoms with Crippen molar-refractivity contribution >= 4 is 22.7 Å². The molecular weight excluding hydrogens is 663 g/mol. The topological polar surface area (TPSA) is 91.2 Å². The Morgan fingerprint density at radius 1 is 0.396 bits per heavy atom. The van der Waals surface area contributed by atoms with Crippen molar-refractivity contribution in [3.8, 4) is 34.5 Å². The van der Waals surface area contributed by atoms with Gasteiger partial charge in [-0.15, -0.1) is 5.75 Å². The van der Waals surface area contributed by atoms with Crippen LogP contribution in [0.3, 0.4) is 0 Å². The van der Waals surface area contributed by atoms with Crippen LogP contribution in [-0.2, 0) is 0 Å². The molecule has 0 unspecified atom stereocenters. The van der Waals surface area contributed by atoms with Gasteiger partial charge < -0.3 is 29.5 Å². The number of rotatable bonds is 10. The van der Waals surface area contributed by atoms with E-state index in [0.29, 0.717) is 4.48 Å². The average molecular weight is 704 g/mol. The first-order chi connectivity index (χ1) is 25.8. The molecule has 0 saturated carbocycles. The molecule has 0 spiro atoms. The molecular formula is C46H41NO6. The van der Waals surface area contributed by atoms with Gasteiger partial charge in [-0.2, -0.15) is 4.48 Å². The molecule has 7 heteroatoms. The molecule has 2 N–H and O–H groups in total. The molecule has 7 aromatic rings. The van der Waals surface area contributed by atoms with Crippen molar-refractivity contribution in [3.63, 3.8) is 0 Å². The first-order valence-corrected chi connectivity index (χ1v) is 17.1. The van der Waals surface area contributed by atoms with Crippen molar-refractivity contribution in [1.29, 1.82) is 0 Å². The van der Waals surface area contributed by atoms with Gasteiger partial charge in [0.05, 0.1) is 21.3 Å². The van der Waals surface area contributed by atoms with Crippen molar-refractivity contribution in [2.75, 3.05) is 21.3 Å². The Balaban J connectivity index is 0.000000192. The Bertz CT molecular complexity index is 1940. The molecule has 7 nitrogen and oxygen atoms in total. The first kappa shape index (κ1) is 36.1. The highest BCUT2D eigenvalue weighted by Crippen LogP contribution is 2.52. The lowest BCUT2D eigenvalue weighted by atomic mass is 9.85. The van der Waals surface area contributed by atoms with Gasteiger partial charge in [0.2, 0.25) is 0 Å². The van der Waals surface area contributed by atoms with Gasteiger partial charge in [0.1, 0.15) is 51.5 Å². The fraction of sp³-hybridized carbons (Fsp3) is 0.0870. The number of phenolic OH excluding ortho intramolecular Hbond substituents is 2. The van der Waals surface area contributed by atoms with Crippen LogP contribution in [0.2, 0.25) is 0 Å². The molecule has 266 valence electrons. The summed E-state index contributed by atoms with van der Waals surface area (Å²) in [6.45, 7) is 0. The van der Waals surface area contributed by atoms with Crippen LogP contribution in [0.5, 0.6) is 34.5 Å². The molecule has 0 heterocycles. The molecule has 0 atom stereocenters. The Labute approximate surface area is 310 Å². The molecule has 0 amide bonds. The minimum absolute atomic E-state index is 0.0288. The van der Waals surface area contributed by atoms with E-state index in [1.54, 1.807) is 57.7 Å². The second kappa shape index (κ2) is 16.5. The van der Waals surface area contributed by atoms with Gasteiger partial charge in [0.15, 0.2) is 0 Å². The van der Waals surface area contributed by atoms with Gasteiger partial charge in [-0.3, -0.25) is 0 Å². The third kappa shape index (κ3) is 7.96. The summed E-state index contributed by atoms with van der Waals surface area (Å²) in [5, 5.41) is 30.3. The first-order valence-electron chi connectivity index (χ1n) is 17.1. The predicted molar refractivity (Wildman–Crippen MR) is 209 cm³/mol. The van der Waals surface area contributed by atoms with Crippen molar-refractivity contribution in [2.45, 2.75) is 5.92 Å². The maximum atomic E-state index is 11.3. The van der Waals surface area contributed by atoms with E-state index in [1.807, 2.05) is 78.9 Å². The third-order valence-corrected chi connectivity index (χ3v) is 9.19. The van der Waals surface area contributed by atoms with E-state index in [4.69, 9.17) is 14.2 Å². The quantitative estimate of drug-likeness (QED) is 0.109. The molecule has 0 saturated heterocycles. The molecule has 0 aliphatic rings. The summed E-state index contributed by atoms with van der Waals surface area (Å²) >= 11 is 0. The Hall–Kier alpha value is -6.70. The highest BCUT2D eigenvalue weighted by atomic mass is 16.5. The van der Waals surface area contributed by atoms with Crippen molar-refractivity contribution in [1.82, 2.24) is 4.48 Å². The van der Waals surface area contributed by atoms with Crippen LogP contribution in [0.25, 0.3) is 0 Å². The van der Waals surface area contributed by atoms with Gasteiger partial charge in [0, 0.05) is 54.4 Å². The van der Waals surface area contributed by atoms with E-state index in [0.717, 1.165) is 56.7 Å². The highest BCUT2D eigenvalue weighted by molar-refractivity contribution is 5.82. The van der Waals surface area contributed by atoms with Gasteiger partial charge in [0.25, 0.3) is 0 Å². The number of methoxy groups -OCH3 is 3. The number of quaternary nitrogens is 1. The number of benzene rings is 7. The van der Waals surface area contributed by atoms with Gasteiger partial charge in [-0.25, -0.2) is 0 Å². The second-order valence-electron chi connectivity index (χ2n) is 12.3. The molecule has 7 rings (SSSR count). The standard InChI is InChI=1S/C27H26NO3.C19H16O3/c1-29-25-15-9-22(10-16-25)28(21-7-5-4-6-8-21,23-11-17-26(30-2)18-12-23)24-13-19-27(31-3)20-14-24;20-16-7-1-13(2-8-16)19(14-3-9-17(21)10-4-14)15-5-11-18(22)12-6-15/h4-20H,1-3H3;1-12,19-22H/q+1;/p-1. The third-order valence-electron chi connectivity index (χ3n) is 9.19. The SMILES string of the molecule is COc1ccc([N+](c2ccccc2)(c2ccc(OC)cc2)c2ccc(OC)cc2)cc1.[O-]c1ccc(C(c2ccc(O)cc2)c2ccc(O)cc2)cc1. The molecule has 53 heavy (non-hydrogen) atoms. The minimum Gasteiger partial charge on any atom is -0.872 e. The lowest BCUT2D eigenvalue weighted by molar-refractivity contribution is -0.268. The zero-order chi connectivity index (χ0) is 37.2. The number of ether oxygens (including phenoxy) is 3. The largest absolute Gasteiger partial charge is 0.872 e. The average Bonchev–Trinajstić information content (AvgIpc) is 3.22. The molecule has 0 bridgehead atoms. The van der Waals surface area contributed by atoms with Crippen LogP contribution in [0.4, 0.5) is 22.7 Å². The second-order valence-corrected chi connectivity index (χ2v) is 12.3. The number of hydrogen-bond donors (Lipinski definition) is 2. The number of nitrogens with zero attached hydrogens (tertiary/aromatic N) is 1. The summed E-state index contributed by atoms with van der Waals surface area (Å²) in [7, 11) is 5.05. The van der Waals surface area contributed by atoms with Crippen LogP contribution < -0.4 is 23.8 Å². The fourth-order valence-corrected chi connectivity index (χ4v) is 6.53. The van der Waals surface area contributed by atoms with Crippen molar-refractivity contribution in [2.24, 2.45) is 0 Å². The summed E-state index contributed by atoms with van der Waals surface area (Å²) in [5.41, 5.74) is 7.36. The van der Waals surface area contributed by atoms with E-state index >= 15 is 0 Å². The van der Waals surface area contributed by atoms with Crippen LogP contribution in [0.1, 0.15) is 22.6 Å². The van der Waals surface area contributed by atoms with E-state index in [-0.39, 0.29) is 23.2 Å². The molecule has 7 aromatic carbocycles. The lowest BCUT2D eigenvalue weighted by Crippen LogP contribution is -2.33. The van der Waals surface area contributed by atoms with Crippen LogP contribution in [-0.4, -0.2) is 31.5 Å². The summed E-state index contributed by atoms with van der Waals surface area (Å²) < 4.78 is 16.7. The predicted octanol–water partition coefficient (Wildman–Crippen LogP) is 10.4. The van der Waals surface area contributed by atoms with Gasteiger partial charge >= 0.3 is 0 Å². The zero-order valence-electron chi connectivity index (χ0n) is 29.8. The maximum absolute atomic E-state index is 11.3. The minimum atomic E-state index is -0.0678. The summed E-state index contributed by atoms with van der Waals surface area (Å²) in [4.78, 5) is 0. The van der Waals surface area contributed by atoms with Crippen LogP contribution in [0.15, 0.2) is 176 Å². The summed E-state index contributed by atoms with van der Waals surface area (Å²) in [6, 6.07) is 55.9. The van der Waals surface area contributed by atoms with E-state index in [2.05, 4.69) is 60.7 Å². The molecule has 0 radical (unpaired) electrons. The molecule has 0 aliphatic heterocycles. The Kier molecular flexibility index (Phi) is 11.3. The van der Waals surface area contributed by atoms with Gasteiger partial charge in [-0.05, 0) is 77.4 Å². The number of phenols is 2. The monoisotopic (exact) mass is 703 g/mol. The van der Waals surface area contributed by atoms with E-state index < -0.39 is 0 Å². The van der Waals surface area contributed by atoms with Crippen molar-refractivity contribution in [3.05, 3.63) is 193 Å². The highest BCUT2D eigenvalue weighted by Gasteiger charge is 2.39. The normalized spacial score (nSPS) is 10.9.